The molecule has 0 bridgehead atoms. The van der Waals surface area contributed by atoms with Gasteiger partial charge in [-0.25, -0.2) is 0 Å². The standard InChI is InChI=1S/C19H13ClN2O5/c1-11-2-6-17-14(8-11)19(24)12(10-27-17)3-7-18(23)21-16-5-4-13(22(25)26)9-15(16)20/h2-10H,1H3,(H,21,23)/b7-3+. The van der Waals surface area contributed by atoms with E-state index in [1.807, 2.05) is 13.0 Å². The van der Waals surface area contributed by atoms with E-state index in [1.54, 1.807) is 12.1 Å². The highest BCUT2D eigenvalue weighted by atomic mass is 35.5. The summed E-state index contributed by atoms with van der Waals surface area (Å²) in [6, 6.07) is 8.96. The van der Waals surface area contributed by atoms with Crippen LogP contribution in [-0.4, -0.2) is 10.8 Å². The van der Waals surface area contributed by atoms with Gasteiger partial charge in [-0.3, -0.25) is 19.7 Å². The second-order valence-electron chi connectivity index (χ2n) is 5.76. The van der Waals surface area contributed by atoms with Crippen LogP contribution in [0.2, 0.25) is 5.02 Å². The molecule has 136 valence electrons. The Bertz CT molecular complexity index is 1150. The number of non-ortho nitro benzene ring substituents is 1. The number of nitrogens with zero attached hydrogens (tertiary/aromatic N) is 1. The summed E-state index contributed by atoms with van der Waals surface area (Å²) in [5, 5.41) is 13.7. The number of benzene rings is 2. The van der Waals surface area contributed by atoms with E-state index >= 15 is 0 Å². The zero-order valence-electron chi connectivity index (χ0n) is 14.1. The zero-order chi connectivity index (χ0) is 19.6. The highest BCUT2D eigenvalue weighted by molar-refractivity contribution is 6.34. The lowest BCUT2D eigenvalue weighted by Gasteiger charge is -2.04. The van der Waals surface area contributed by atoms with Crippen LogP contribution in [0.4, 0.5) is 11.4 Å². The SMILES string of the molecule is Cc1ccc2occ(/C=C/C(=O)Nc3ccc([N+](=O)[O-])cc3Cl)c(=O)c2c1. The minimum absolute atomic E-state index is 0.0339. The van der Waals surface area contributed by atoms with Gasteiger partial charge >= 0.3 is 0 Å². The number of halogens is 1. The summed E-state index contributed by atoms with van der Waals surface area (Å²) in [7, 11) is 0. The summed E-state index contributed by atoms with van der Waals surface area (Å²) in [6.45, 7) is 1.86. The van der Waals surface area contributed by atoms with Gasteiger partial charge in [-0.05, 0) is 31.2 Å². The largest absolute Gasteiger partial charge is 0.463 e. The zero-order valence-corrected chi connectivity index (χ0v) is 14.8. The summed E-state index contributed by atoms with van der Waals surface area (Å²) in [4.78, 5) is 34.7. The molecule has 0 saturated heterocycles. The first-order chi connectivity index (χ1) is 12.8. The molecule has 0 atom stereocenters. The molecule has 3 aromatic rings. The monoisotopic (exact) mass is 384 g/mol. The highest BCUT2D eigenvalue weighted by Crippen LogP contribution is 2.26. The Labute approximate surface area is 158 Å². The van der Waals surface area contributed by atoms with Crippen molar-refractivity contribution in [1.29, 1.82) is 0 Å². The first kappa shape index (κ1) is 18.3. The van der Waals surface area contributed by atoms with E-state index in [2.05, 4.69) is 5.32 Å². The third-order valence-electron chi connectivity index (χ3n) is 3.79. The molecule has 0 unspecified atom stereocenters. The van der Waals surface area contributed by atoms with Crippen LogP contribution in [0.1, 0.15) is 11.1 Å². The number of nitrogens with one attached hydrogen (secondary N) is 1. The molecule has 27 heavy (non-hydrogen) atoms. The molecule has 1 amide bonds. The number of hydrogen-bond acceptors (Lipinski definition) is 5. The molecule has 0 fully saturated rings. The molecule has 1 N–H and O–H groups in total. The quantitative estimate of drug-likeness (QED) is 0.410. The fourth-order valence-corrected chi connectivity index (χ4v) is 2.66. The van der Waals surface area contributed by atoms with Crippen LogP contribution in [0.25, 0.3) is 17.0 Å². The van der Waals surface area contributed by atoms with Crippen molar-refractivity contribution in [1.82, 2.24) is 0 Å². The van der Waals surface area contributed by atoms with Gasteiger partial charge in [0.05, 0.1) is 26.6 Å². The van der Waals surface area contributed by atoms with Crippen molar-refractivity contribution in [2.45, 2.75) is 6.92 Å². The van der Waals surface area contributed by atoms with E-state index in [4.69, 9.17) is 16.0 Å². The van der Waals surface area contributed by atoms with Crippen LogP contribution in [0.15, 0.2) is 57.9 Å². The Morgan fingerprint density at radius 2 is 2.04 bits per heavy atom. The van der Waals surface area contributed by atoms with Gasteiger partial charge in [-0.2, -0.15) is 0 Å². The minimum Gasteiger partial charge on any atom is -0.463 e. The third-order valence-corrected chi connectivity index (χ3v) is 4.10. The smallest absolute Gasteiger partial charge is 0.271 e. The number of aryl methyl sites for hydroxylation is 1. The molecule has 0 aliphatic heterocycles. The van der Waals surface area contributed by atoms with Gasteiger partial charge in [-0.15, -0.1) is 0 Å². The predicted molar refractivity (Wildman–Crippen MR) is 103 cm³/mol. The summed E-state index contributed by atoms with van der Waals surface area (Å²) < 4.78 is 5.42. The molecule has 8 heteroatoms. The molecular formula is C19H13ClN2O5. The van der Waals surface area contributed by atoms with E-state index in [1.165, 1.54) is 24.5 Å². The Kier molecular flexibility index (Phi) is 5.05. The number of rotatable bonds is 4. The molecule has 2 aromatic carbocycles. The summed E-state index contributed by atoms with van der Waals surface area (Å²) in [5.41, 5.74) is 1.39. The average Bonchev–Trinajstić information content (AvgIpc) is 2.63. The van der Waals surface area contributed by atoms with Gasteiger partial charge in [0.25, 0.3) is 5.69 Å². The van der Waals surface area contributed by atoms with Gasteiger partial charge in [0, 0.05) is 18.2 Å². The molecule has 0 radical (unpaired) electrons. The molecule has 1 heterocycles. The highest BCUT2D eigenvalue weighted by Gasteiger charge is 2.11. The van der Waals surface area contributed by atoms with Gasteiger partial charge in [0.2, 0.25) is 5.91 Å². The molecule has 3 rings (SSSR count). The Morgan fingerprint density at radius 1 is 1.26 bits per heavy atom. The first-order valence-electron chi connectivity index (χ1n) is 7.80. The fraction of sp³-hybridized carbons (Fsp3) is 0.0526. The number of nitro groups is 1. The Hall–Kier alpha value is -3.45. The van der Waals surface area contributed by atoms with Crippen LogP contribution < -0.4 is 10.7 Å². The lowest BCUT2D eigenvalue weighted by molar-refractivity contribution is -0.384. The number of carbonyl (C=O) groups is 1. The molecule has 1 aromatic heterocycles. The Balaban J connectivity index is 1.81. The van der Waals surface area contributed by atoms with E-state index < -0.39 is 10.8 Å². The maximum atomic E-state index is 12.5. The molecular weight excluding hydrogens is 372 g/mol. The lowest BCUT2D eigenvalue weighted by atomic mass is 10.1. The number of carbonyl (C=O) groups excluding carboxylic acids is 1. The minimum atomic E-state index is -0.585. The second-order valence-corrected chi connectivity index (χ2v) is 6.17. The molecule has 7 nitrogen and oxygen atoms in total. The normalized spacial score (nSPS) is 11.0. The molecule has 0 aliphatic carbocycles. The van der Waals surface area contributed by atoms with Crippen molar-refractivity contribution in [2.75, 3.05) is 5.32 Å². The third kappa shape index (κ3) is 4.04. The van der Waals surface area contributed by atoms with E-state index in [-0.39, 0.29) is 27.4 Å². The Morgan fingerprint density at radius 3 is 2.74 bits per heavy atom. The predicted octanol–water partition coefficient (Wildman–Crippen LogP) is 4.31. The van der Waals surface area contributed by atoms with Crippen molar-refractivity contribution in [3.8, 4) is 0 Å². The number of hydrogen-bond donors (Lipinski definition) is 1. The topological polar surface area (TPSA) is 102 Å². The van der Waals surface area contributed by atoms with Crippen LogP contribution in [-0.2, 0) is 4.79 Å². The summed E-state index contributed by atoms with van der Waals surface area (Å²) >= 11 is 5.93. The van der Waals surface area contributed by atoms with Gasteiger partial charge in [0.15, 0.2) is 5.43 Å². The number of amides is 1. The van der Waals surface area contributed by atoms with Gasteiger partial charge < -0.3 is 9.73 Å². The first-order valence-corrected chi connectivity index (χ1v) is 8.18. The molecule has 0 saturated carbocycles. The van der Waals surface area contributed by atoms with E-state index in [9.17, 15) is 19.7 Å². The number of anilines is 1. The number of fused-ring (bicyclic) bond motifs is 1. The van der Waals surface area contributed by atoms with Gasteiger partial charge in [0.1, 0.15) is 11.8 Å². The maximum Gasteiger partial charge on any atom is 0.271 e. The summed E-state index contributed by atoms with van der Waals surface area (Å²) in [5.74, 6) is -0.547. The fourth-order valence-electron chi connectivity index (χ4n) is 2.43. The van der Waals surface area contributed by atoms with Crippen molar-refractivity contribution in [3.05, 3.63) is 85.2 Å². The maximum absolute atomic E-state index is 12.5. The van der Waals surface area contributed by atoms with E-state index in [0.717, 1.165) is 17.7 Å². The molecule has 0 spiro atoms. The van der Waals surface area contributed by atoms with Crippen molar-refractivity contribution < 1.29 is 14.1 Å². The lowest BCUT2D eigenvalue weighted by Crippen LogP contribution is -2.10. The summed E-state index contributed by atoms with van der Waals surface area (Å²) in [6.07, 6.45) is 3.77. The van der Waals surface area contributed by atoms with Crippen molar-refractivity contribution >= 4 is 45.9 Å². The second kappa shape index (κ2) is 7.43. The van der Waals surface area contributed by atoms with E-state index in [0.29, 0.717) is 11.0 Å². The van der Waals surface area contributed by atoms with Crippen LogP contribution in [0.5, 0.6) is 0 Å². The number of nitro benzene ring substituents is 1. The van der Waals surface area contributed by atoms with Crippen LogP contribution >= 0.6 is 11.6 Å². The van der Waals surface area contributed by atoms with Crippen molar-refractivity contribution in [3.63, 3.8) is 0 Å². The van der Waals surface area contributed by atoms with Crippen LogP contribution in [0, 0.1) is 17.0 Å². The van der Waals surface area contributed by atoms with Gasteiger partial charge in [-0.1, -0.05) is 23.2 Å². The van der Waals surface area contributed by atoms with Crippen LogP contribution in [0.3, 0.4) is 0 Å². The average molecular weight is 385 g/mol. The van der Waals surface area contributed by atoms with Crippen molar-refractivity contribution in [2.24, 2.45) is 0 Å². The molecule has 0 aliphatic rings.